The average molecular weight is 224 g/mol. The molecule has 2 rings (SSSR count). The summed E-state index contributed by atoms with van der Waals surface area (Å²) in [5, 5.41) is 1.15. The molecule has 0 saturated heterocycles. The second kappa shape index (κ2) is 3.62. The maximum Gasteiger partial charge on any atom is 0.185 e. The number of ether oxygens (including phenoxy) is 1. The maximum absolute atomic E-state index is 13.3. The van der Waals surface area contributed by atoms with Crippen molar-refractivity contribution in [1.82, 2.24) is 0 Å². The molecular formula is C11H9FO2S. The van der Waals surface area contributed by atoms with E-state index < -0.39 is 0 Å². The number of methoxy groups -OCH3 is 1. The predicted molar refractivity (Wildman–Crippen MR) is 58.5 cm³/mol. The number of benzene rings is 1. The molecule has 0 unspecified atom stereocenters. The van der Waals surface area contributed by atoms with Crippen molar-refractivity contribution in [2.45, 2.75) is 6.92 Å². The Morgan fingerprint density at radius 2 is 2.20 bits per heavy atom. The van der Waals surface area contributed by atoms with Crippen LogP contribution in [0.5, 0.6) is 5.06 Å². The van der Waals surface area contributed by atoms with E-state index in [0.29, 0.717) is 27.9 Å². The van der Waals surface area contributed by atoms with Crippen LogP contribution in [0, 0.1) is 12.7 Å². The Kier molecular flexibility index (Phi) is 2.44. The van der Waals surface area contributed by atoms with Crippen molar-refractivity contribution in [3.05, 3.63) is 29.1 Å². The van der Waals surface area contributed by atoms with E-state index in [1.54, 1.807) is 13.0 Å². The van der Waals surface area contributed by atoms with Crippen molar-refractivity contribution in [3.63, 3.8) is 0 Å². The molecule has 4 heteroatoms. The summed E-state index contributed by atoms with van der Waals surface area (Å²) in [4.78, 5) is 10.9. The summed E-state index contributed by atoms with van der Waals surface area (Å²) in [6, 6.07) is 3.11. The summed E-state index contributed by atoms with van der Waals surface area (Å²) in [6.45, 7) is 1.70. The van der Waals surface area contributed by atoms with Crippen LogP contribution in [-0.2, 0) is 0 Å². The smallest absolute Gasteiger partial charge is 0.185 e. The van der Waals surface area contributed by atoms with Crippen LogP contribution >= 0.6 is 11.3 Å². The first-order chi connectivity index (χ1) is 7.17. The summed E-state index contributed by atoms with van der Waals surface area (Å²) in [6.07, 6.45) is 0.701. The minimum Gasteiger partial charge on any atom is -0.487 e. The minimum absolute atomic E-state index is 0.300. The molecule has 0 amide bonds. The molecule has 2 nitrogen and oxygen atoms in total. The maximum atomic E-state index is 13.3. The molecule has 2 aromatic rings. The van der Waals surface area contributed by atoms with Gasteiger partial charge in [0.25, 0.3) is 0 Å². The molecule has 0 aliphatic rings. The highest BCUT2D eigenvalue weighted by Gasteiger charge is 2.13. The van der Waals surface area contributed by atoms with E-state index in [1.165, 1.54) is 24.5 Å². The van der Waals surface area contributed by atoms with Gasteiger partial charge in [0.05, 0.1) is 12.7 Å². The third-order valence-electron chi connectivity index (χ3n) is 2.28. The predicted octanol–water partition coefficient (Wildman–Crippen LogP) is 3.17. The Bertz CT molecular complexity index is 531. The Balaban J connectivity index is 2.83. The molecule has 0 aliphatic carbocycles. The standard InChI is InChI=1S/C11H9FO2S/c1-6-3-10-7(4-9(6)12)8(5-13)11(14-2)15-10/h3-5H,1-2H3. The topological polar surface area (TPSA) is 26.3 Å². The zero-order chi connectivity index (χ0) is 11.0. The highest BCUT2D eigenvalue weighted by atomic mass is 32.1. The van der Waals surface area contributed by atoms with Gasteiger partial charge in [0.1, 0.15) is 5.82 Å². The molecule has 0 fully saturated rings. The van der Waals surface area contributed by atoms with Crippen LogP contribution in [0.4, 0.5) is 4.39 Å². The van der Waals surface area contributed by atoms with E-state index in [9.17, 15) is 9.18 Å². The van der Waals surface area contributed by atoms with Gasteiger partial charge in [-0.25, -0.2) is 4.39 Å². The first kappa shape index (κ1) is 10.1. The third-order valence-corrected chi connectivity index (χ3v) is 3.41. The van der Waals surface area contributed by atoms with Gasteiger partial charge >= 0.3 is 0 Å². The van der Waals surface area contributed by atoms with E-state index >= 15 is 0 Å². The molecule has 1 aromatic carbocycles. The average Bonchev–Trinajstić information content (AvgIpc) is 2.56. The number of rotatable bonds is 2. The van der Waals surface area contributed by atoms with Crippen molar-refractivity contribution < 1.29 is 13.9 Å². The molecule has 0 aliphatic heterocycles. The van der Waals surface area contributed by atoms with Crippen LogP contribution < -0.4 is 4.74 Å². The van der Waals surface area contributed by atoms with Gasteiger partial charge in [0.2, 0.25) is 0 Å². The lowest BCUT2D eigenvalue weighted by atomic mass is 10.1. The lowest BCUT2D eigenvalue weighted by molar-refractivity contribution is 0.112. The highest BCUT2D eigenvalue weighted by molar-refractivity contribution is 7.21. The summed E-state index contributed by atoms with van der Waals surface area (Å²) in [5.74, 6) is -0.300. The normalized spacial score (nSPS) is 10.6. The molecule has 0 N–H and O–H groups in total. The Morgan fingerprint density at radius 1 is 1.47 bits per heavy atom. The first-order valence-corrected chi connectivity index (χ1v) is 5.21. The van der Waals surface area contributed by atoms with Crippen molar-refractivity contribution in [2.24, 2.45) is 0 Å². The fourth-order valence-corrected chi connectivity index (χ4v) is 2.54. The zero-order valence-corrected chi connectivity index (χ0v) is 9.15. The van der Waals surface area contributed by atoms with Gasteiger partial charge in [-0.1, -0.05) is 11.3 Å². The third kappa shape index (κ3) is 1.51. The number of halogens is 1. The Morgan fingerprint density at radius 3 is 2.80 bits per heavy atom. The van der Waals surface area contributed by atoms with Crippen LogP contribution in [0.25, 0.3) is 10.1 Å². The number of carbonyl (C=O) groups excluding carboxylic acids is 1. The lowest BCUT2D eigenvalue weighted by Gasteiger charge is -1.96. The molecule has 0 saturated carbocycles. The van der Waals surface area contributed by atoms with Crippen molar-refractivity contribution >= 4 is 27.7 Å². The summed E-state index contributed by atoms with van der Waals surface area (Å²) in [7, 11) is 1.50. The second-order valence-electron chi connectivity index (χ2n) is 3.22. The molecule has 0 radical (unpaired) electrons. The van der Waals surface area contributed by atoms with E-state index in [2.05, 4.69) is 0 Å². The molecule has 1 heterocycles. The SMILES string of the molecule is COc1sc2cc(C)c(F)cc2c1C=O. The minimum atomic E-state index is -0.300. The number of fused-ring (bicyclic) bond motifs is 1. The molecule has 78 valence electrons. The molecule has 0 bridgehead atoms. The largest absolute Gasteiger partial charge is 0.487 e. The lowest BCUT2D eigenvalue weighted by Crippen LogP contribution is -1.85. The van der Waals surface area contributed by atoms with Gasteiger partial charge in [0, 0.05) is 10.1 Å². The highest BCUT2D eigenvalue weighted by Crippen LogP contribution is 2.37. The monoisotopic (exact) mass is 224 g/mol. The summed E-state index contributed by atoms with van der Waals surface area (Å²) in [5.41, 5.74) is 1.00. The first-order valence-electron chi connectivity index (χ1n) is 4.39. The second-order valence-corrected chi connectivity index (χ2v) is 4.24. The fourth-order valence-electron chi connectivity index (χ4n) is 1.48. The van der Waals surface area contributed by atoms with Crippen LogP contribution in [0.15, 0.2) is 12.1 Å². The Labute approximate surface area is 90.3 Å². The molecule has 0 atom stereocenters. The zero-order valence-electron chi connectivity index (χ0n) is 8.33. The fraction of sp³-hybridized carbons (Fsp3) is 0.182. The number of hydrogen-bond acceptors (Lipinski definition) is 3. The van der Waals surface area contributed by atoms with Crippen molar-refractivity contribution in [1.29, 1.82) is 0 Å². The van der Waals surface area contributed by atoms with Gasteiger partial charge < -0.3 is 4.74 Å². The van der Waals surface area contributed by atoms with Gasteiger partial charge in [-0.3, -0.25) is 4.79 Å². The number of aldehydes is 1. The molecule has 15 heavy (non-hydrogen) atoms. The van der Waals surface area contributed by atoms with E-state index in [0.717, 1.165) is 4.70 Å². The van der Waals surface area contributed by atoms with Gasteiger partial charge in [-0.2, -0.15) is 0 Å². The summed E-state index contributed by atoms with van der Waals surface area (Å²) < 4.78 is 19.3. The van der Waals surface area contributed by atoms with E-state index in [-0.39, 0.29) is 5.82 Å². The van der Waals surface area contributed by atoms with E-state index in [1.807, 2.05) is 0 Å². The van der Waals surface area contributed by atoms with Gasteiger partial charge in [0.15, 0.2) is 11.3 Å². The molecule has 1 aromatic heterocycles. The van der Waals surface area contributed by atoms with Gasteiger partial charge in [-0.05, 0) is 24.6 Å². The number of carbonyl (C=O) groups is 1. The summed E-state index contributed by atoms with van der Waals surface area (Å²) >= 11 is 1.35. The quantitative estimate of drug-likeness (QED) is 0.732. The van der Waals surface area contributed by atoms with Crippen LogP contribution in [0.2, 0.25) is 0 Å². The molecule has 0 spiro atoms. The van der Waals surface area contributed by atoms with Crippen LogP contribution in [0.1, 0.15) is 15.9 Å². The van der Waals surface area contributed by atoms with Gasteiger partial charge in [-0.15, -0.1) is 0 Å². The Hall–Kier alpha value is -1.42. The number of aryl methyl sites for hydroxylation is 1. The van der Waals surface area contributed by atoms with Crippen molar-refractivity contribution in [3.8, 4) is 5.06 Å². The molecular weight excluding hydrogens is 215 g/mol. The van der Waals surface area contributed by atoms with Crippen LogP contribution in [-0.4, -0.2) is 13.4 Å². The van der Waals surface area contributed by atoms with Crippen LogP contribution in [0.3, 0.4) is 0 Å². The van der Waals surface area contributed by atoms with Crippen molar-refractivity contribution in [2.75, 3.05) is 7.11 Å². The van der Waals surface area contributed by atoms with E-state index in [4.69, 9.17) is 4.74 Å². The number of thiophene rings is 1. The number of hydrogen-bond donors (Lipinski definition) is 0.